The van der Waals surface area contributed by atoms with E-state index in [2.05, 4.69) is 25.2 Å². The molecule has 3 aromatic rings. The van der Waals surface area contributed by atoms with Crippen molar-refractivity contribution in [3.63, 3.8) is 0 Å². The molecule has 0 amide bonds. The second-order valence-corrected chi connectivity index (χ2v) is 6.90. The van der Waals surface area contributed by atoms with Gasteiger partial charge in [0.15, 0.2) is 5.82 Å². The number of ether oxygens (including phenoxy) is 1. The van der Waals surface area contributed by atoms with Gasteiger partial charge in [-0.3, -0.25) is 10.1 Å². The lowest BCUT2D eigenvalue weighted by Gasteiger charge is -2.30. The Balaban J connectivity index is 1.57. The molecule has 3 aromatic heterocycles. The first kappa shape index (κ1) is 18.8. The molecule has 0 unspecified atom stereocenters. The number of nitro groups is 1. The normalized spacial score (nSPS) is 14.9. The summed E-state index contributed by atoms with van der Waals surface area (Å²) >= 11 is 0. The van der Waals surface area contributed by atoms with Gasteiger partial charge in [-0.15, -0.1) is 0 Å². The van der Waals surface area contributed by atoms with Gasteiger partial charge in [0.25, 0.3) is 0 Å². The molecule has 4 heterocycles. The van der Waals surface area contributed by atoms with E-state index < -0.39 is 4.92 Å². The number of anilines is 1. The maximum Gasteiger partial charge on any atom is 0.373 e. The zero-order chi connectivity index (χ0) is 20.5. The van der Waals surface area contributed by atoms with Gasteiger partial charge in [-0.2, -0.15) is 15.1 Å². The largest absolute Gasteiger partial charge is 0.415 e. The lowest BCUT2D eigenvalue weighted by atomic mass is 9.97. The number of rotatable bonds is 5. The first-order valence-corrected chi connectivity index (χ1v) is 9.15. The van der Waals surface area contributed by atoms with Crippen LogP contribution in [-0.4, -0.2) is 47.9 Å². The van der Waals surface area contributed by atoms with Crippen LogP contribution in [0.15, 0.2) is 16.9 Å². The average Bonchev–Trinajstić information content (AvgIpc) is 3.26. The van der Waals surface area contributed by atoms with Crippen molar-refractivity contribution >= 4 is 11.5 Å². The predicted octanol–water partition coefficient (Wildman–Crippen LogP) is 2.29. The molecule has 1 saturated heterocycles. The van der Waals surface area contributed by atoms with E-state index in [9.17, 15) is 10.1 Å². The number of piperidine rings is 1. The van der Waals surface area contributed by atoms with Crippen LogP contribution in [0.5, 0.6) is 11.8 Å². The van der Waals surface area contributed by atoms with Gasteiger partial charge in [0.05, 0.1) is 10.6 Å². The van der Waals surface area contributed by atoms with Crippen molar-refractivity contribution in [3.8, 4) is 11.8 Å². The second kappa shape index (κ2) is 7.45. The van der Waals surface area contributed by atoms with Gasteiger partial charge in [-0.25, -0.2) is 9.67 Å². The summed E-state index contributed by atoms with van der Waals surface area (Å²) in [5.74, 6) is 1.81. The Morgan fingerprint density at radius 1 is 1.28 bits per heavy atom. The van der Waals surface area contributed by atoms with E-state index in [0.29, 0.717) is 30.7 Å². The lowest BCUT2D eigenvalue weighted by molar-refractivity contribution is -0.385. The summed E-state index contributed by atoms with van der Waals surface area (Å²) in [6.45, 7) is 4.71. The molecule has 1 aliphatic rings. The fraction of sp³-hybridized carbons (Fsp3) is 0.471. The number of hydrogen-bond acceptors (Lipinski definition) is 10. The molecule has 0 spiro atoms. The summed E-state index contributed by atoms with van der Waals surface area (Å²) < 4.78 is 12.5. The van der Waals surface area contributed by atoms with E-state index in [4.69, 9.17) is 9.26 Å². The highest BCUT2D eigenvalue weighted by Gasteiger charge is 2.33. The predicted molar refractivity (Wildman–Crippen MR) is 99.9 cm³/mol. The van der Waals surface area contributed by atoms with Crippen molar-refractivity contribution in [2.45, 2.75) is 32.6 Å². The highest BCUT2D eigenvalue weighted by molar-refractivity contribution is 5.63. The van der Waals surface area contributed by atoms with E-state index in [0.717, 1.165) is 18.5 Å². The van der Waals surface area contributed by atoms with Crippen LogP contribution in [-0.2, 0) is 7.05 Å². The summed E-state index contributed by atoms with van der Waals surface area (Å²) in [5, 5.41) is 19.8. The molecule has 0 aliphatic carbocycles. The van der Waals surface area contributed by atoms with E-state index in [1.54, 1.807) is 20.0 Å². The van der Waals surface area contributed by atoms with Crippen LogP contribution in [0.25, 0.3) is 0 Å². The van der Waals surface area contributed by atoms with Crippen LogP contribution in [0.4, 0.5) is 11.5 Å². The molecule has 0 N–H and O–H groups in total. The molecule has 0 atom stereocenters. The minimum Gasteiger partial charge on any atom is -0.415 e. The number of aryl methyl sites for hydroxylation is 3. The topological polar surface area (TPSA) is 138 Å². The molecule has 0 saturated carbocycles. The standard InChI is InChI=1S/C17H20N8O4/c1-10-8-13(23(3)21-10)28-17-14(25(26)27)15(18-9-19-17)24-6-4-12(5-7-24)16-20-11(2)22-29-16/h8-9,12H,4-7H2,1-3H3. The quantitative estimate of drug-likeness (QED) is 0.463. The highest BCUT2D eigenvalue weighted by Crippen LogP contribution is 2.38. The molecule has 0 radical (unpaired) electrons. The van der Waals surface area contributed by atoms with Gasteiger partial charge in [0, 0.05) is 32.1 Å². The third-order valence-corrected chi connectivity index (χ3v) is 4.80. The van der Waals surface area contributed by atoms with Crippen LogP contribution in [0.3, 0.4) is 0 Å². The van der Waals surface area contributed by atoms with Crippen LogP contribution in [0.1, 0.15) is 36.2 Å². The molecule has 29 heavy (non-hydrogen) atoms. The molecule has 4 rings (SSSR count). The van der Waals surface area contributed by atoms with E-state index in [1.807, 2.05) is 11.8 Å². The monoisotopic (exact) mass is 400 g/mol. The maximum atomic E-state index is 11.8. The average molecular weight is 400 g/mol. The molecular weight excluding hydrogens is 380 g/mol. The Bertz CT molecular complexity index is 1040. The number of aromatic nitrogens is 6. The van der Waals surface area contributed by atoms with Crippen molar-refractivity contribution < 1.29 is 14.2 Å². The minimum absolute atomic E-state index is 0.113. The third-order valence-electron chi connectivity index (χ3n) is 4.80. The highest BCUT2D eigenvalue weighted by atomic mass is 16.6. The van der Waals surface area contributed by atoms with Crippen molar-refractivity contribution in [1.29, 1.82) is 0 Å². The summed E-state index contributed by atoms with van der Waals surface area (Å²) in [4.78, 5) is 25.6. The van der Waals surface area contributed by atoms with Crippen LogP contribution >= 0.6 is 0 Å². The maximum absolute atomic E-state index is 11.8. The van der Waals surface area contributed by atoms with Crippen molar-refractivity contribution in [3.05, 3.63) is 39.9 Å². The Morgan fingerprint density at radius 2 is 2.03 bits per heavy atom. The number of nitrogens with zero attached hydrogens (tertiary/aromatic N) is 8. The molecule has 1 fully saturated rings. The Morgan fingerprint density at radius 3 is 2.62 bits per heavy atom. The lowest BCUT2D eigenvalue weighted by Crippen LogP contribution is -2.34. The summed E-state index contributed by atoms with van der Waals surface area (Å²) in [7, 11) is 1.69. The SMILES string of the molecule is Cc1cc(Oc2ncnc(N3CCC(c4nc(C)no4)CC3)c2[N+](=O)[O-])n(C)n1. The smallest absolute Gasteiger partial charge is 0.373 e. The van der Waals surface area contributed by atoms with Crippen LogP contribution in [0, 0.1) is 24.0 Å². The molecule has 152 valence electrons. The van der Waals surface area contributed by atoms with Crippen LogP contribution < -0.4 is 9.64 Å². The van der Waals surface area contributed by atoms with Crippen molar-refractivity contribution in [1.82, 2.24) is 29.9 Å². The van der Waals surface area contributed by atoms with Gasteiger partial charge >= 0.3 is 11.6 Å². The molecule has 1 aliphatic heterocycles. The molecule has 0 bridgehead atoms. The van der Waals surface area contributed by atoms with Gasteiger partial charge in [-0.1, -0.05) is 5.16 Å². The zero-order valence-electron chi connectivity index (χ0n) is 16.3. The first-order chi connectivity index (χ1) is 13.9. The van der Waals surface area contributed by atoms with Crippen LogP contribution in [0.2, 0.25) is 0 Å². The van der Waals surface area contributed by atoms with E-state index >= 15 is 0 Å². The molecule has 12 heteroatoms. The summed E-state index contributed by atoms with van der Waals surface area (Å²) in [5.41, 5.74) is 0.469. The van der Waals surface area contributed by atoms with E-state index in [-0.39, 0.29) is 23.3 Å². The first-order valence-electron chi connectivity index (χ1n) is 9.15. The summed E-state index contributed by atoms with van der Waals surface area (Å²) in [6, 6.07) is 1.68. The molecule has 12 nitrogen and oxygen atoms in total. The number of hydrogen-bond donors (Lipinski definition) is 0. The molecular formula is C17H20N8O4. The Labute approximate surface area is 165 Å². The van der Waals surface area contributed by atoms with Gasteiger partial charge in [-0.05, 0) is 26.7 Å². The molecule has 0 aromatic carbocycles. The second-order valence-electron chi connectivity index (χ2n) is 6.90. The van der Waals surface area contributed by atoms with Crippen molar-refractivity contribution in [2.24, 2.45) is 7.05 Å². The Hall–Kier alpha value is -3.57. The van der Waals surface area contributed by atoms with Gasteiger partial charge in [0.1, 0.15) is 6.33 Å². The third kappa shape index (κ3) is 3.73. The zero-order valence-corrected chi connectivity index (χ0v) is 16.3. The van der Waals surface area contributed by atoms with Gasteiger partial charge in [0.2, 0.25) is 17.6 Å². The van der Waals surface area contributed by atoms with Crippen molar-refractivity contribution in [2.75, 3.05) is 18.0 Å². The minimum atomic E-state index is -0.513. The fourth-order valence-corrected chi connectivity index (χ4v) is 3.42. The fourth-order valence-electron chi connectivity index (χ4n) is 3.42. The summed E-state index contributed by atoms with van der Waals surface area (Å²) in [6.07, 6.45) is 2.72. The van der Waals surface area contributed by atoms with E-state index in [1.165, 1.54) is 11.0 Å². The van der Waals surface area contributed by atoms with Gasteiger partial charge < -0.3 is 14.2 Å². The Kier molecular flexibility index (Phi) is 4.82.